The fraction of sp³-hybridized carbons (Fsp3) is 0.133. The quantitative estimate of drug-likeness (QED) is 0.920. The lowest BCUT2D eigenvalue weighted by molar-refractivity contribution is 0.0944. The molecule has 0 aliphatic rings. The summed E-state index contributed by atoms with van der Waals surface area (Å²) in [5.74, 6) is 0.241. The van der Waals surface area contributed by atoms with Crippen molar-refractivity contribution >= 4 is 5.91 Å². The molecule has 2 rings (SSSR count). The van der Waals surface area contributed by atoms with Crippen molar-refractivity contribution in [2.75, 3.05) is 7.11 Å². The lowest BCUT2D eigenvalue weighted by Crippen LogP contribution is -2.28. The number of amides is 1. The van der Waals surface area contributed by atoms with Gasteiger partial charge in [0.2, 0.25) is 0 Å². The number of benzene rings is 1. The minimum absolute atomic E-state index is 0.346. The Hall–Kier alpha value is -2.87. The van der Waals surface area contributed by atoms with Crippen LogP contribution in [0.4, 0.5) is 0 Å². The molecule has 0 spiro atoms. The molecule has 0 aliphatic carbocycles. The predicted molar refractivity (Wildman–Crippen MR) is 73.1 cm³/mol. The smallest absolute Gasteiger partial charge is 0.252 e. The Morgan fingerprint density at radius 2 is 2.20 bits per heavy atom. The number of nitriles is 1. The Morgan fingerprint density at radius 1 is 1.35 bits per heavy atom. The maximum Gasteiger partial charge on any atom is 0.252 e. The zero-order valence-corrected chi connectivity index (χ0v) is 10.9. The van der Waals surface area contributed by atoms with Gasteiger partial charge in [-0.1, -0.05) is 12.1 Å². The van der Waals surface area contributed by atoms with E-state index < -0.39 is 6.04 Å². The van der Waals surface area contributed by atoms with E-state index in [1.54, 1.807) is 48.7 Å². The van der Waals surface area contributed by atoms with Crippen LogP contribution in [-0.2, 0) is 0 Å². The fourth-order valence-corrected chi connectivity index (χ4v) is 1.70. The Bertz CT molecular complexity index is 635. The van der Waals surface area contributed by atoms with Gasteiger partial charge in [0.25, 0.3) is 5.91 Å². The number of methoxy groups -OCH3 is 1. The Balaban J connectivity index is 2.16. The third-order valence-electron chi connectivity index (χ3n) is 2.72. The third kappa shape index (κ3) is 3.12. The molecule has 1 N–H and O–H groups in total. The standard InChI is InChI=1S/C15H13N3O2/c1-20-12-6-4-5-11(9-12)15(19)18-14(10-16)13-7-2-3-8-17-13/h2-9,14H,1H3,(H,18,19). The Kier molecular flexibility index (Phi) is 4.30. The van der Waals surface area contributed by atoms with E-state index in [0.29, 0.717) is 17.0 Å². The highest BCUT2D eigenvalue weighted by Crippen LogP contribution is 2.14. The minimum atomic E-state index is -0.782. The number of ether oxygens (including phenoxy) is 1. The van der Waals surface area contributed by atoms with Crippen LogP contribution in [0.25, 0.3) is 0 Å². The zero-order chi connectivity index (χ0) is 14.4. The molecule has 0 bridgehead atoms. The van der Waals surface area contributed by atoms with Crippen molar-refractivity contribution in [1.29, 1.82) is 5.26 Å². The number of carbonyl (C=O) groups excluding carboxylic acids is 1. The van der Waals surface area contributed by atoms with Crippen molar-refractivity contribution in [3.8, 4) is 11.8 Å². The first-order valence-corrected chi connectivity index (χ1v) is 6.00. The summed E-state index contributed by atoms with van der Waals surface area (Å²) in [5.41, 5.74) is 0.937. The number of aromatic nitrogens is 1. The number of nitrogens with zero attached hydrogens (tertiary/aromatic N) is 2. The Morgan fingerprint density at radius 3 is 2.85 bits per heavy atom. The SMILES string of the molecule is COc1cccc(C(=O)NC(C#N)c2ccccn2)c1. The molecule has 0 saturated heterocycles. The highest BCUT2D eigenvalue weighted by molar-refractivity contribution is 5.95. The van der Waals surface area contributed by atoms with E-state index in [4.69, 9.17) is 10.00 Å². The fourth-order valence-electron chi connectivity index (χ4n) is 1.70. The monoisotopic (exact) mass is 267 g/mol. The van der Waals surface area contributed by atoms with Gasteiger partial charge in [0, 0.05) is 11.8 Å². The normalized spacial score (nSPS) is 11.2. The molecule has 5 nitrogen and oxygen atoms in total. The average molecular weight is 267 g/mol. The first-order chi connectivity index (χ1) is 9.74. The summed E-state index contributed by atoms with van der Waals surface area (Å²) in [5, 5.41) is 11.8. The zero-order valence-electron chi connectivity index (χ0n) is 10.9. The molecule has 1 atom stereocenters. The summed E-state index contributed by atoms with van der Waals surface area (Å²) in [6.07, 6.45) is 1.58. The largest absolute Gasteiger partial charge is 0.497 e. The number of rotatable bonds is 4. The van der Waals surface area contributed by atoms with E-state index in [-0.39, 0.29) is 5.91 Å². The molecule has 20 heavy (non-hydrogen) atoms. The van der Waals surface area contributed by atoms with E-state index >= 15 is 0 Å². The van der Waals surface area contributed by atoms with Crippen LogP contribution in [-0.4, -0.2) is 18.0 Å². The predicted octanol–water partition coefficient (Wildman–Crippen LogP) is 2.08. The van der Waals surface area contributed by atoms with E-state index in [2.05, 4.69) is 10.3 Å². The van der Waals surface area contributed by atoms with Gasteiger partial charge >= 0.3 is 0 Å². The van der Waals surface area contributed by atoms with Crippen molar-refractivity contribution in [2.24, 2.45) is 0 Å². The second kappa shape index (κ2) is 6.34. The van der Waals surface area contributed by atoms with Gasteiger partial charge in [-0.2, -0.15) is 5.26 Å². The molecule has 1 amide bonds. The van der Waals surface area contributed by atoms with Gasteiger partial charge in [0.1, 0.15) is 5.75 Å². The van der Waals surface area contributed by atoms with Gasteiger partial charge < -0.3 is 10.1 Å². The molecule has 2 aromatic rings. The summed E-state index contributed by atoms with van der Waals surface area (Å²) in [4.78, 5) is 16.2. The molecule has 0 aliphatic heterocycles. The third-order valence-corrected chi connectivity index (χ3v) is 2.72. The molecule has 5 heteroatoms. The lowest BCUT2D eigenvalue weighted by Gasteiger charge is -2.11. The molecule has 1 aromatic heterocycles. The van der Waals surface area contributed by atoms with Crippen LogP contribution < -0.4 is 10.1 Å². The van der Waals surface area contributed by atoms with Crippen LogP contribution in [0.5, 0.6) is 5.75 Å². The molecule has 1 heterocycles. The van der Waals surface area contributed by atoms with E-state index in [1.165, 1.54) is 7.11 Å². The average Bonchev–Trinajstić information content (AvgIpc) is 2.53. The first-order valence-electron chi connectivity index (χ1n) is 6.00. The van der Waals surface area contributed by atoms with Crippen LogP contribution in [0.15, 0.2) is 48.7 Å². The second-order valence-corrected chi connectivity index (χ2v) is 4.02. The van der Waals surface area contributed by atoms with Crippen molar-refractivity contribution < 1.29 is 9.53 Å². The van der Waals surface area contributed by atoms with Crippen LogP contribution in [0.1, 0.15) is 22.1 Å². The summed E-state index contributed by atoms with van der Waals surface area (Å²) in [7, 11) is 1.53. The first kappa shape index (κ1) is 13.6. The van der Waals surface area contributed by atoms with Crippen molar-refractivity contribution in [3.63, 3.8) is 0 Å². The highest BCUT2D eigenvalue weighted by Gasteiger charge is 2.16. The Labute approximate surface area is 116 Å². The second-order valence-electron chi connectivity index (χ2n) is 4.02. The summed E-state index contributed by atoms with van der Waals surface area (Å²) in [6, 6.07) is 13.2. The van der Waals surface area contributed by atoms with E-state index in [1.807, 2.05) is 6.07 Å². The number of hydrogen-bond donors (Lipinski definition) is 1. The van der Waals surface area contributed by atoms with Gasteiger partial charge in [0.15, 0.2) is 6.04 Å². The molecular formula is C15H13N3O2. The van der Waals surface area contributed by atoms with Crippen LogP contribution in [0, 0.1) is 11.3 Å². The highest BCUT2D eigenvalue weighted by atomic mass is 16.5. The van der Waals surface area contributed by atoms with Crippen LogP contribution in [0.3, 0.4) is 0 Å². The van der Waals surface area contributed by atoms with Gasteiger partial charge in [-0.05, 0) is 30.3 Å². The molecule has 0 saturated carbocycles. The van der Waals surface area contributed by atoms with Crippen molar-refractivity contribution in [1.82, 2.24) is 10.3 Å². The van der Waals surface area contributed by atoms with Gasteiger partial charge in [0.05, 0.1) is 18.9 Å². The summed E-state index contributed by atoms with van der Waals surface area (Å²) in [6.45, 7) is 0. The maximum atomic E-state index is 12.1. The topological polar surface area (TPSA) is 75.0 Å². The molecule has 0 fully saturated rings. The minimum Gasteiger partial charge on any atom is -0.497 e. The van der Waals surface area contributed by atoms with Crippen molar-refractivity contribution in [2.45, 2.75) is 6.04 Å². The molecular weight excluding hydrogens is 254 g/mol. The molecule has 1 unspecified atom stereocenters. The van der Waals surface area contributed by atoms with Crippen LogP contribution in [0.2, 0.25) is 0 Å². The lowest BCUT2D eigenvalue weighted by atomic mass is 10.1. The number of nitrogens with one attached hydrogen (secondary N) is 1. The maximum absolute atomic E-state index is 12.1. The van der Waals surface area contributed by atoms with Crippen molar-refractivity contribution in [3.05, 3.63) is 59.9 Å². The van der Waals surface area contributed by atoms with Gasteiger partial charge in [-0.25, -0.2) is 0 Å². The van der Waals surface area contributed by atoms with E-state index in [0.717, 1.165) is 0 Å². The summed E-state index contributed by atoms with van der Waals surface area (Å²) < 4.78 is 5.06. The number of carbonyl (C=O) groups is 1. The molecule has 1 aromatic carbocycles. The number of pyridine rings is 1. The number of hydrogen-bond acceptors (Lipinski definition) is 4. The van der Waals surface area contributed by atoms with Gasteiger partial charge in [-0.15, -0.1) is 0 Å². The molecule has 100 valence electrons. The van der Waals surface area contributed by atoms with E-state index in [9.17, 15) is 4.79 Å². The summed E-state index contributed by atoms with van der Waals surface area (Å²) >= 11 is 0. The van der Waals surface area contributed by atoms with Gasteiger partial charge in [-0.3, -0.25) is 9.78 Å². The van der Waals surface area contributed by atoms with Crippen LogP contribution >= 0.6 is 0 Å². The molecule has 0 radical (unpaired) electrons.